The molecule has 4 unspecified atom stereocenters. The summed E-state index contributed by atoms with van der Waals surface area (Å²) in [4.78, 5) is 0. The van der Waals surface area contributed by atoms with Gasteiger partial charge in [-0.2, -0.15) is 0 Å². The molecule has 3 nitrogen and oxygen atoms in total. The van der Waals surface area contributed by atoms with E-state index in [1.165, 1.54) is 38.5 Å². The minimum atomic E-state index is 0.415. The zero-order valence-electron chi connectivity index (χ0n) is 12.0. The Labute approximate surface area is 112 Å². The van der Waals surface area contributed by atoms with Crippen LogP contribution < -0.4 is 5.32 Å². The van der Waals surface area contributed by atoms with Crippen LogP contribution in [0, 0.1) is 5.92 Å². The molecular weight excluding hydrogens is 226 g/mol. The summed E-state index contributed by atoms with van der Waals surface area (Å²) in [5.74, 6) is 0.745. The second-order valence-corrected chi connectivity index (χ2v) is 5.97. The van der Waals surface area contributed by atoms with Crippen LogP contribution in [0.25, 0.3) is 0 Å². The largest absolute Gasteiger partial charge is 0.377 e. The topological polar surface area (TPSA) is 30.5 Å². The molecule has 4 atom stereocenters. The average molecular weight is 255 g/mol. The molecule has 1 saturated heterocycles. The Morgan fingerprint density at radius 2 is 2.06 bits per heavy atom. The summed E-state index contributed by atoms with van der Waals surface area (Å²) in [7, 11) is 0. The van der Waals surface area contributed by atoms with E-state index in [9.17, 15) is 0 Å². The van der Waals surface area contributed by atoms with E-state index in [4.69, 9.17) is 9.47 Å². The molecule has 1 aliphatic heterocycles. The third kappa shape index (κ3) is 4.22. The molecule has 1 N–H and O–H groups in total. The van der Waals surface area contributed by atoms with Gasteiger partial charge in [0.2, 0.25) is 0 Å². The first-order valence-corrected chi connectivity index (χ1v) is 7.74. The van der Waals surface area contributed by atoms with Gasteiger partial charge in [0.05, 0.1) is 18.8 Å². The maximum absolute atomic E-state index is 6.00. The predicted octanol–water partition coefficient (Wildman–Crippen LogP) is 2.74. The Morgan fingerprint density at radius 1 is 1.22 bits per heavy atom. The van der Waals surface area contributed by atoms with Gasteiger partial charge in [-0.05, 0) is 38.5 Å². The molecule has 106 valence electrons. The van der Waals surface area contributed by atoms with Crippen molar-refractivity contribution in [2.45, 2.75) is 70.6 Å². The molecule has 0 aromatic rings. The second-order valence-electron chi connectivity index (χ2n) is 5.97. The molecule has 2 fully saturated rings. The van der Waals surface area contributed by atoms with Crippen LogP contribution in [0.15, 0.2) is 0 Å². The van der Waals surface area contributed by atoms with Crippen molar-refractivity contribution in [1.29, 1.82) is 0 Å². The van der Waals surface area contributed by atoms with E-state index in [-0.39, 0.29) is 0 Å². The maximum atomic E-state index is 6.00. The van der Waals surface area contributed by atoms with E-state index < -0.39 is 0 Å². The molecule has 0 spiro atoms. The molecular formula is C15H29NO2. The molecule has 18 heavy (non-hydrogen) atoms. The Balaban J connectivity index is 1.54. The summed E-state index contributed by atoms with van der Waals surface area (Å²) >= 11 is 0. The van der Waals surface area contributed by atoms with Gasteiger partial charge in [0.25, 0.3) is 0 Å². The summed E-state index contributed by atoms with van der Waals surface area (Å²) in [6.07, 6.45) is 8.65. The molecule has 1 saturated carbocycles. The SMILES string of the molecule is CC1CCCCC1OCCNC(C)C1CCCO1. The number of rotatable bonds is 6. The van der Waals surface area contributed by atoms with Gasteiger partial charge in [-0.25, -0.2) is 0 Å². The molecule has 1 aliphatic carbocycles. The number of ether oxygens (including phenoxy) is 2. The van der Waals surface area contributed by atoms with Gasteiger partial charge in [0.15, 0.2) is 0 Å². The lowest BCUT2D eigenvalue weighted by Gasteiger charge is -2.29. The lowest BCUT2D eigenvalue weighted by molar-refractivity contribution is -0.00573. The van der Waals surface area contributed by atoms with E-state index >= 15 is 0 Å². The fraction of sp³-hybridized carbons (Fsp3) is 1.00. The zero-order valence-corrected chi connectivity index (χ0v) is 12.0. The van der Waals surface area contributed by atoms with Gasteiger partial charge in [0.1, 0.15) is 0 Å². The maximum Gasteiger partial charge on any atom is 0.0726 e. The Bertz CT molecular complexity index is 229. The van der Waals surface area contributed by atoms with Crippen molar-refractivity contribution in [2.75, 3.05) is 19.8 Å². The highest BCUT2D eigenvalue weighted by molar-refractivity contribution is 4.77. The van der Waals surface area contributed by atoms with E-state index in [2.05, 4.69) is 19.2 Å². The smallest absolute Gasteiger partial charge is 0.0726 e. The van der Waals surface area contributed by atoms with Crippen LogP contribution in [0.4, 0.5) is 0 Å². The molecule has 1 heterocycles. The molecule has 0 radical (unpaired) electrons. The zero-order chi connectivity index (χ0) is 12.8. The fourth-order valence-corrected chi connectivity index (χ4v) is 3.16. The molecule has 2 aliphatic rings. The standard InChI is InChI=1S/C15H29NO2/c1-12-6-3-4-7-14(12)18-11-9-16-13(2)15-8-5-10-17-15/h12-16H,3-11H2,1-2H3. The minimum Gasteiger partial charge on any atom is -0.377 e. The van der Waals surface area contributed by atoms with Crippen LogP contribution in [0.2, 0.25) is 0 Å². The van der Waals surface area contributed by atoms with Crippen molar-refractivity contribution in [3.63, 3.8) is 0 Å². The number of nitrogens with one attached hydrogen (secondary N) is 1. The van der Waals surface area contributed by atoms with Crippen molar-refractivity contribution in [2.24, 2.45) is 5.92 Å². The van der Waals surface area contributed by atoms with Crippen LogP contribution in [-0.4, -0.2) is 38.0 Å². The lowest BCUT2D eigenvalue weighted by Crippen LogP contribution is -2.39. The predicted molar refractivity (Wildman–Crippen MR) is 73.8 cm³/mol. The molecule has 3 heteroatoms. The van der Waals surface area contributed by atoms with Crippen molar-refractivity contribution >= 4 is 0 Å². The van der Waals surface area contributed by atoms with Gasteiger partial charge in [0, 0.05) is 19.2 Å². The van der Waals surface area contributed by atoms with Crippen LogP contribution in [-0.2, 0) is 9.47 Å². The van der Waals surface area contributed by atoms with Gasteiger partial charge >= 0.3 is 0 Å². The van der Waals surface area contributed by atoms with Gasteiger partial charge < -0.3 is 14.8 Å². The fourth-order valence-electron chi connectivity index (χ4n) is 3.16. The number of hydrogen-bond acceptors (Lipinski definition) is 3. The van der Waals surface area contributed by atoms with E-state index in [1.54, 1.807) is 0 Å². The number of hydrogen-bond donors (Lipinski definition) is 1. The summed E-state index contributed by atoms with van der Waals surface area (Å²) in [5.41, 5.74) is 0. The molecule has 0 bridgehead atoms. The summed E-state index contributed by atoms with van der Waals surface area (Å²) in [6.45, 7) is 7.27. The molecule has 0 amide bonds. The van der Waals surface area contributed by atoms with Crippen molar-refractivity contribution < 1.29 is 9.47 Å². The highest BCUT2D eigenvalue weighted by atomic mass is 16.5. The average Bonchev–Trinajstić information content (AvgIpc) is 2.90. The van der Waals surface area contributed by atoms with Crippen LogP contribution in [0.3, 0.4) is 0 Å². The normalized spacial score (nSPS) is 34.7. The summed E-state index contributed by atoms with van der Waals surface area (Å²) in [6, 6.07) is 0.458. The van der Waals surface area contributed by atoms with Crippen molar-refractivity contribution in [3.05, 3.63) is 0 Å². The third-order valence-electron chi connectivity index (χ3n) is 4.46. The van der Waals surface area contributed by atoms with Gasteiger partial charge in [-0.15, -0.1) is 0 Å². The van der Waals surface area contributed by atoms with E-state index in [1.807, 2.05) is 0 Å². The Kier molecular flexibility index (Phi) is 5.93. The first-order valence-electron chi connectivity index (χ1n) is 7.74. The van der Waals surface area contributed by atoms with Crippen LogP contribution >= 0.6 is 0 Å². The van der Waals surface area contributed by atoms with Gasteiger partial charge in [-0.3, -0.25) is 0 Å². The van der Waals surface area contributed by atoms with Crippen molar-refractivity contribution in [3.8, 4) is 0 Å². The second kappa shape index (κ2) is 7.46. The van der Waals surface area contributed by atoms with Crippen molar-refractivity contribution in [1.82, 2.24) is 5.32 Å². The molecule has 0 aromatic heterocycles. The van der Waals surface area contributed by atoms with E-state index in [0.29, 0.717) is 18.2 Å². The third-order valence-corrected chi connectivity index (χ3v) is 4.46. The van der Waals surface area contributed by atoms with Crippen LogP contribution in [0.5, 0.6) is 0 Å². The highest BCUT2D eigenvalue weighted by Crippen LogP contribution is 2.26. The first kappa shape index (κ1) is 14.3. The van der Waals surface area contributed by atoms with Gasteiger partial charge in [-0.1, -0.05) is 19.8 Å². The summed E-state index contributed by atoms with van der Waals surface area (Å²) < 4.78 is 11.7. The Hall–Kier alpha value is -0.120. The quantitative estimate of drug-likeness (QED) is 0.740. The lowest BCUT2D eigenvalue weighted by atomic mass is 9.88. The minimum absolute atomic E-state index is 0.415. The molecule has 0 aromatic carbocycles. The first-order chi connectivity index (χ1) is 8.77. The molecule has 2 rings (SSSR count). The Morgan fingerprint density at radius 3 is 2.78 bits per heavy atom. The highest BCUT2D eigenvalue weighted by Gasteiger charge is 2.23. The van der Waals surface area contributed by atoms with Crippen LogP contribution in [0.1, 0.15) is 52.4 Å². The monoisotopic (exact) mass is 255 g/mol. The van der Waals surface area contributed by atoms with E-state index in [0.717, 1.165) is 25.7 Å². The summed E-state index contributed by atoms with van der Waals surface area (Å²) in [5, 5.41) is 3.53.